The average molecular weight is 480 g/mol. The van der Waals surface area contributed by atoms with E-state index < -0.39 is 0 Å². The van der Waals surface area contributed by atoms with E-state index in [-0.39, 0.29) is 31.2 Å². The molecule has 3 aromatic rings. The van der Waals surface area contributed by atoms with Crippen LogP contribution in [0.2, 0.25) is 0 Å². The number of hydrogen-bond donors (Lipinski definition) is 2. The number of hydrogen-bond acceptors (Lipinski definition) is 7. The summed E-state index contributed by atoms with van der Waals surface area (Å²) in [5.74, 6) is 0.128. The van der Waals surface area contributed by atoms with Gasteiger partial charge in [-0.2, -0.15) is 0 Å². The molecule has 0 radical (unpaired) electrons. The van der Waals surface area contributed by atoms with Gasteiger partial charge >= 0.3 is 0 Å². The molecule has 0 saturated heterocycles. The summed E-state index contributed by atoms with van der Waals surface area (Å²) in [6.07, 6.45) is -0.521. The Labute approximate surface area is 206 Å². The van der Waals surface area contributed by atoms with Gasteiger partial charge in [0.25, 0.3) is 0 Å². The monoisotopic (exact) mass is 479 g/mol. The van der Waals surface area contributed by atoms with Gasteiger partial charge in [-0.05, 0) is 23.3 Å². The van der Waals surface area contributed by atoms with Gasteiger partial charge in [0.05, 0.1) is 52.9 Å². The van der Waals surface area contributed by atoms with Crippen LogP contribution in [0.25, 0.3) is 0 Å². The molecule has 35 heavy (non-hydrogen) atoms. The highest BCUT2D eigenvalue weighted by Gasteiger charge is 2.17. The first-order valence-electron chi connectivity index (χ1n) is 11.9. The Hall–Kier alpha value is -2.94. The van der Waals surface area contributed by atoms with Gasteiger partial charge in [0.15, 0.2) is 0 Å². The van der Waals surface area contributed by atoms with Gasteiger partial charge in [0.1, 0.15) is 18.0 Å². The highest BCUT2D eigenvalue weighted by atomic mass is 16.6. The topological polar surface area (TPSA) is 92.4 Å². The van der Waals surface area contributed by atoms with Crippen LogP contribution in [0.3, 0.4) is 0 Å². The highest BCUT2D eigenvalue weighted by Crippen LogP contribution is 2.29. The van der Waals surface area contributed by atoms with Crippen LogP contribution in [0.4, 0.5) is 5.69 Å². The second kappa shape index (κ2) is 13.2. The quantitative estimate of drug-likeness (QED) is 0.411. The summed E-state index contributed by atoms with van der Waals surface area (Å²) in [6.45, 7) is 2.77. The number of anilines is 1. The van der Waals surface area contributed by atoms with Crippen LogP contribution in [0.5, 0.6) is 5.75 Å². The van der Waals surface area contributed by atoms with Gasteiger partial charge in [0.2, 0.25) is 0 Å². The molecule has 3 aromatic carbocycles. The fourth-order valence-electron chi connectivity index (χ4n) is 3.98. The van der Waals surface area contributed by atoms with Crippen LogP contribution in [0.15, 0.2) is 72.8 Å². The second-order valence-corrected chi connectivity index (χ2v) is 8.37. The van der Waals surface area contributed by atoms with Gasteiger partial charge in [0, 0.05) is 16.8 Å². The molecule has 1 aliphatic rings. The third-order valence-electron chi connectivity index (χ3n) is 5.78. The van der Waals surface area contributed by atoms with E-state index in [1.54, 1.807) is 12.1 Å². The molecule has 7 nitrogen and oxygen atoms in total. The van der Waals surface area contributed by atoms with Crippen molar-refractivity contribution in [1.29, 1.82) is 0 Å². The maximum Gasteiger partial charge on any atom is 0.126 e. The van der Waals surface area contributed by atoms with Gasteiger partial charge in [-0.15, -0.1) is 0 Å². The Morgan fingerprint density at radius 2 is 1.09 bits per heavy atom. The normalized spacial score (nSPS) is 21.0. The van der Waals surface area contributed by atoms with Crippen molar-refractivity contribution in [2.45, 2.75) is 25.4 Å². The van der Waals surface area contributed by atoms with E-state index in [0.29, 0.717) is 56.5 Å². The summed E-state index contributed by atoms with van der Waals surface area (Å²) in [6, 6.07) is 23.3. The molecule has 0 spiro atoms. The predicted octanol–water partition coefficient (Wildman–Crippen LogP) is 4.55. The fourth-order valence-corrected chi connectivity index (χ4v) is 3.98. The number of phenols is 1. The number of ether oxygens (including phenoxy) is 5. The Morgan fingerprint density at radius 1 is 0.629 bits per heavy atom. The molecule has 7 heteroatoms. The molecule has 0 amide bonds. The summed E-state index contributed by atoms with van der Waals surface area (Å²) in [5, 5.41) is 10.8. The molecule has 1 unspecified atom stereocenters. The van der Waals surface area contributed by atoms with Crippen LogP contribution in [-0.2, 0) is 36.9 Å². The van der Waals surface area contributed by atoms with Crippen LogP contribution >= 0.6 is 0 Å². The molecule has 1 heterocycles. The zero-order valence-corrected chi connectivity index (χ0v) is 19.8. The van der Waals surface area contributed by atoms with E-state index in [9.17, 15) is 5.11 Å². The smallest absolute Gasteiger partial charge is 0.126 e. The highest BCUT2D eigenvalue weighted by molar-refractivity contribution is 5.52. The minimum atomic E-state index is -0.261. The largest absolute Gasteiger partial charge is 0.507 e. The third-order valence-corrected chi connectivity index (χ3v) is 5.78. The van der Waals surface area contributed by atoms with Crippen LogP contribution in [-0.4, -0.2) is 44.7 Å². The number of nitrogen functional groups attached to an aromatic ring is 1. The molecular weight excluding hydrogens is 446 g/mol. The molecule has 0 fully saturated rings. The van der Waals surface area contributed by atoms with Crippen molar-refractivity contribution in [1.82, 2.24) is 0 Å². The molecular formula is C28H33NO6. The minimum absolute atomic E-state index is 0.128. The van der Waals surface area contributed by atoms with E-state index >= 15 is 0 Å². The summed E-state index contributed by atoms with van der Waals surface area (Å²) >= 11 is 0. The SMILES string of the molecule is Nc1cc2c(O)c(c1)COC[C@H](c1ccccc1)OCCOCCOC(c1ccccc1)COC2. The zero-order valence-electron chi connectivity index (χ0n) is 19.8. The van der Waals surface area contributed by atoms with E-state index in [0.717, 1.165) is 11.1 Å². The summed E-state index contributed by atoms with van der Waals surface area (Å²) < 4.78 is 29.8. The maximum absolute atomic E-state index is 10.8. The molecule has 0 aliphatic carbocycles. The van der Waals surface area contributed by atoms with Gasteiger partial charge in [-0.1, -0.05) is 60.7 Å². The van der Waals surface area contributed by atoms with Crippen molar-refractivity contribution in [3.8, 4) is 5.75 Å². The Morgan fingerprint density at radius 3 is 1.54 bits per heavy atom. The fraction of sp³-hybridized carbons (Fsp3) is 0.357. The van der Waals surface area contributed by atoms with E-state index in [2.05, 4.69) is 0 Å². The summed E-state index contributed by atoms with van der Waals surface area (Å²) in [4.78, 5) is 0. The average Bonchev–Trinajstić information content (AvgIpc) is 2.88. The van der Waals surface area contributed by atoms with Gasteiger partial charge in [-0.25, -0.2) is 0 Å². The minimum Gasteiger partial charge on any atom is -0.507 e. The number of nitrogens with two attached hydrogens (primary N) is 1. The lowest BCUT2D eigenvalue weighted by molar-refractivity contribution is -0.0645. The first-order chi connectivity index (χ1) is 17.2. The van der Waals surface area contributed by atoms with Gasteiger partial charge < -0.3 is 34.5 Å². The van der Waals surface area contributed by atoms with Crippen molar-refractivity contribution in [3.63, 3.8) is 0 Å². The van der Waals surface area contributed by atoms with Crippen molar-refractivity contribution in [2.24, 2.45) is 0 Å². The molecule has 3 N–H and O–H groups in total. The van der Waals surface area contributed by atoms with Crippen LogP contribution in [0, 0.1) is 0 Å². The molecule has 1 aliphatic heterocycles. The number of aromatic hydroxyl groups is 1. The van der Waals surface area contributed by atoms with Gasteiger partial charge in [-0.3, -0.25) is 0 Å². The molecule has 4 rings (SSSR count). The van der Waals surface area contributed by atoms with Crippen molar-refractivity contribution < 1.29 is 28.8 Å². The Bertz CT molecular complexity index is 952. The molecule has 2 atom stereocenters. The summed E-state index contributed by atoms with van der Waals surface area (Å²) in [5.41, 5.74) is 9.89. The lowest BCUT2D eigenvalue weighted by atomic mass is 10.1. The standard InChI is InChI=1S/C28H33NO6/c29-25-15-23-17-32-19-26(21-7-3-1-4-8-21)34-13-11-31-12-14-35-27(22-9-5-2-6-10-22)20-33-18-24(16-25)28(23)30/h1-10,15-16,26-27,30H,11-14,17-20,29H2/t26-,27?/m1/s1. The first kappa shape index (κ1) is 25.2. The Kier molecular flexibility index (Phi) is 9.51. The number of rotatable bonds is 2. The van der Waals surface area contributed by atoms with Crippen LogP contribution in [0.1, 0.15) is 34.5 Å². The molecule has 0 aromatic heterocycles. The Balaban J connectivity index is 1.50. The molecule has 2 bridgehead atoms. The predicted molar refractivity (Wildman–Crippen MR) is 133 cm³/mol. The summed E-state index contributed by atoms with van der Waals surface area (Å²) in [7, 11) is 0. The van der Waals surface area contributed by atoms with Crippen LogP contribution < -0.4 is 5.73 Å². The third kappa shape index (κ3) is 7.52. The lowest BCUT2D eigenvalue weighted by Gasteiger charge is -2.21. The van der Waals surface area contributed by atoms with E-state index in [4.69, 9.17) is 29.4 Å². The molecule has 0 saturated carbocycles. The van der Waals surface area contributed by atoms with E-state index in [1.165, 1.54) is 0 Å². The van der Waals surface area contributed by atoms with Crippen molar-refractivity contribution in [2.75, 3.05) is 45.4 Å². The second-order valence-electron chi connectivity index (χ2n) is 8.37. The maximum atomic E-state index is 10.8. The zero-order chi connectivity index (χ0) is 24.3. The van der Waals surface area contributed by atoms with E-state index in [1.807, 2.05) is 60.7 Å². The number of phenolic OH excluding ortho intramolecular Hbond substituents is 1. The molecule has 186 valence electrons. The van der Waals surface area contributed by atoms with Crippen molar-refractivity contribution in [3.05, 3.63) is 95.1 Å². The number of benzene rings is 3. The lowest BCUT2D eigenvalue weighted by Crippen LogP contribution is -2.18. The van der Waals surface area contributed by atoms with Crippen molar-refractivity contribution >= 4 is 5.69 Å². The first-order valence-corrected chi connectivity index (χ1v) is 11.9. The number of fused-ring (bicyclic) bond motifs is 2.